The molecule has 2 N–H and O–H groups in total. The normalized spacial score (nSPS) is 22.7. The van der Waals surface area contributed by atoms with Crippen molar-refractivity contribution in [1.29, 1.82) is 0 Å². The number of carbonyl (C=O) groups excluding carboxylic acids is 1. The Morgan fingerprint density at radius 2 is 1.88 bits per heavy atom. The number of halogens is 1. The number of hydrogen-bond acceptors (Lipinski definition) is 5. The molecule has 3 fully saturated rings. The Hall–Kier alpha value is -3.00. The number of nitrogens with zero attached hydrogens (tertiary/aromatic N) is 2. The van der Waals surface area contributed by atoms with Crippen LogP contribution in [0, 0.1) is 5.92 Å². The molecule has 5 heterocycles. The third kappa shape index (κ3) is 5.72. The molecule has 3 saturated heterocycles. The minimum Gasteiger partial charge on any atom is -0.488 e. The van der Waals surface area contributed by atoms with Crippen molar-refractivity contribution in [3.8, 4) is 5.75 Å². The molecule has 0 radical (unpaired) electrons. The largest absolute Gasteiger partial charge is 0.488 e. The summed E-state index contributed by atoms with van der Waals surface area (Å²) < 4.78 is 11.8. The van der Waals surface area contributed by atoms with Gasteiger partial charge in [0, 0.05) is 58.6 Å². The van der Waals surface area contributed by atoms with Crippen LogP contribution in [0.25, 0.3) is 21.9 Å². The van der Waals surface area contributed by atoms with Gasteiger partial charge in [0.1, 0.15) is 23.6 Å². The van der Waals surface area contributed by atoms with Crippen LogP contribution < -0.4 is 10.1 Å². The first-order valence-corrected chi connectivity index (χ1v) is 15.7. The maximum atomic E-state index is 13.2. The summed E-state index contributed by atoms with van der Waals surface area (Å²) in [4.78, 5) is 22.0. The van der Waals surface area contributed by atoms with Gasteiger partial charge in [-0.05, 0) is 93.9 Å². The second-order valence-electron chi connectivity index (χ2n) is 12.1. The molecule has 2 aromatic heterocycles. The Labute approximate surface area is 246 Å². The van der Waals surface area contributed by atoms with Crippen LogP contribution >= 0.6 is 11.6 Å². The van der Waals surface area contributed by atoms with Crippen LogP contribution in [-0.4, -0.2) is 65.5 Å². The van der Waals surface area contributed by atoms with Crippen molar-refractivity contribution in [2.45, 2.75) is 63.6 Å². The van der Waals surface area contributed by atoms with Gasteiger partial charge in [-0.2, -0.15) is 0 Å². The molecular weight excluding hydrogens is 536 g/mol. The fourth-order valence-electron chi connectivity index (χ4n) is 7.34. The average Bonchev–Trinajstić information content (AvgIpc) is 3.62. The lowest BCUT2D eigenvalue weighted by atomic mass is 9.83. The van der Waals surface area contributed by atoms with E-state index in [4.69, 9.17) is 20.8 Å². The third-order valence-corrected chi connectivity index (χ3v) is 9.75. The Morgan fingerprint density at radius 3 is 2.78 bits per heavy atom. The zero-order valence-electron chi connectivity index (χ0n) is 23.5. The van der Waals surface area contributed by atoms with E-state index in [9.17, 15) is 4.79 Å². The number of furan rings is 1. The highest BCUT2D eigenvalue weighted by atomic mass is 35.5. The van der Waals surface area contributed by atoms with Crippen molar-refractivity contribution in [2.24, 2.45) is 5.92 Å². The molecule has 7 rings (SSSR count). The van der Waals surface area contributed by atoms with Gasteiger partial charge in [0.05, 0.1) is 6.26 Å². The molecule has 216 valence electrons. The highest BCUT2D eigenvalue weighted by molar-refractivity contribution is 6.31. The summed E-state index contributed by atoms with van der Waals surface area (Å²) in [6.45, 7) is 6.28. The first-order chi connectivity index (χ1) is 20.1. The van der Waals surface area contributed by atoms with Crippen molar-refractivity contribution >= 4 is 39.4 Å². The van der Waals surface area contributed by atoms with Crippen LogP contribution in [0.2, 0.25) is 5.02 Å². The summed E-state index contributed by atoms with van der Waals surface area (Å²) in [5, 5.41) is 5.79. The van der Waals surface area contributed by atoms with Crippen molar-refractivity contribution in [1.82, 2.24) is 20.1 Å². The number of amides is 1. The van der Waals surface area contributed by atoms with Crippen LogP contribution in [-0.2, 0) is 6.61 Å². The molecule has 7 nitrogen and oxygen atoms in total. The lowest BCUT2D eigenvalue weighted by molar-refractivity contribution is 0.0351. The van der Waals surface area contributed by atoms with E-state index < -0.39 is 0 Å². The Kier molecular flexibility index (Phi) is 7.67. The molecular formula is C33H39ClN4O3. The van der Waals surface area contributed by atoms with Crippen LogP contribution in [0.5, 0.6) is 5.75 Å². The topological polar surface area (TPSA) is 73.7 Å². The molecule has 2 atom stereocenters. The van der Waals surface area contributed by atoms with E-state index in [1.807, 2.05) is 42.5 Å². The van der Waals surface area contributed by atoms with Gasteiger partial charge in [-0.3, -0.25) is 4.79 Å². The van der Waals surface area contributed by atoms with Gasteiger partial charge in [0.25, 0.3) is 5.91 Å². The molecule has 4 aromatic rings. The predicted octanol–water partition coefficient (Wildman–Crippen LogP) is 6.61. The van der Waals surface area contributed by atoms with Crippen molar-refractivity contribution in [3.63, 3.8) is 0 Å². The number of benzene rings is 2. The first kappa shape index (κ1) is 26.9. The van der Waals surface area contributed by atoms with Gasteiger partial charge in [0.2, 0.25) is 0 Å². The van der Waals surface area contributed by atoms with Crippen LogP contribution in [0.15, 0.2) is 53.1 Å². The number of rotatable bonds is 7. The number of piperidine rings is 3. The minimum atomic E-state index is -0.0498. The number of nitrogens with one attached hydrogen (secondary N) is 2. The highest BCUT2D eigenvalue weighted by Gasteiger charge is 2.34. The predicted molar refractivity (Wildman–Crippen MR) is 163 cm³/mol. The van der Waals surface area contributed by atoms with E-state index in [0.29, 0.717) is 17.3 Å². The van der Waals surface area contributed by atoms with Gasteiger partial charge in [-0.25, -0.2) is 0 Å². The lowest BCUT2D eigenvalue weighted by Gasteiger charge is -2.46. The molecule has 3 aliphatic rings. The standard InChI is InChI=1S/C33H39ClN4O3/c34-24-9-10-32-26(17-24)23(21-41-32)20-40-31-8-3-6-28-27(31)18-29(36-28)33(39)35-25-11-15-37(16-12-25)19-22-5-4-14-38-13-2-1-7-30(22)38/h3,6,8-10,17-18,21-22,25,30,36H,1-2,4-5,7,11-16,19-20H2,(H,35,39)/t22-,30+/m0/s1. The molecule has 2 aromatic carbocycles. The van der Waals surface area contributed by atoms with Crippen LogP contribution in [0.4, 0.5) is 0 Å². The summed E-state index contributed by atoms with van der Waals surface area (Å²) in [7, 11) is 0. The zero-order chi connectivity index (χ0) is 27.8. The zero-order valence-corrected chi connectivity index (χ0v) is 24.3. The minimum absolute atomic E-state index is 0.0498. The van der Waals surface area contributed by atoms with E-state index in [1.54, 1.807) is 6.26 Å². The second-order valence-corrected chi connectivity index (χ2v) is 12.6. The molecule has 0 unspecified atom stereocenters. The number of carbonyl (C=O) groups is 1. The number of ether oxygens (including phenoxy) is 1. The van der Waals surface area contributed by atoms with Gasteiger partial charge in [-0.1, -0.05) is 24.1 Å². The fourth-order valence-corrected chi connectivity index (χ4v) is 7.51. The number of hydrogen-bond donors (Lipinski definition) is 2. The number of aromatic nitrogens is 1. The maximum Gasteiger partial charge on any atom is 0.267 e. The second kappa shape index (κ2) is 11.7. The van der Waals surface area contributed by atoms with E-state index >= 15 is 0 Å². The summed E-state index contributed by atoms with van der Waals surface area (Å²) in [5.74, 6) is 1.48. The summed E-state index contributed by atoms with van der Waals surface area (Å²) in [6, 6.07) is 14.3. The van der Waals surface area contributed by atoms with Gasteiger partial charge in [-0.15, -0.1) is 0 Å². The average molecular weight is 575 g/mol. The number of likely N-dealkylation sites (tertiary alicyclic amines) is 1. The molecule has 0 saturated carbocycles. The Morgan fingerprint density at radius 1 is 1.00 bits per heavy atom. The van der Waals surface area contributed by atoms with E-state index in [0.717, 1.165) is 71.1 Å². The van der Waals surface area contributed by atoms with Crippen molar-refractivity contribution in [2.75, 3.05) is 32.7 Å². The molecule has 41 heavy (non-hydrogen) atoms. The van der Waals surface area contributed by atoms with Gasteiger partial charge in [0.15, 0.2) is 0 Å². The quantitative estimate of drug-likeness (QED) is 0.260. The van der Waals surface area contributed by atoms with Gasteiger partial charge < -0.3 is 29.3 Å². The maximum absolute atomic E-state index is 13.2. The highest BCUT2D eigenvalue weighted by Crippen LogP contribution is 2.33. The van der Waals surface area contributed by atoms with Crippen molar-refractivity contribution in [3.05, 3.63) is 65.0 Å². The van der Waals surface area contributed by atoms with E-state index in [2.05, 4.69) is 20.1 Å². The summed E-state index contributed by atoms with van der Waals surface area (Å²) >= 11 is 6.19. The Bertz CT molecular complexity index is 1520. The van der Waals surface area contributed by atoms with Gasteiger partial charge >= 0.3 is 0 Å². The molecule has 1 amide bonds. The smallest absolute Gasteiger partial charge is 0.267 e. The lowest BCUT2D eigenvalue weighted by Crippen LogP contribution is -2.52. The third-order valence-electron chi connectivity index (χ3n) is 9.51. The Balaban J connectivity index is 0.951. The first-order valence-electron chi connectivity index (χ1n) is 15.3. The molecule has 0 aliphatic carbocycles. The SMILES string of the molecule is O=C(NC1CCN(C[C@@H]2CCCN3CCCC[C@H]23)CC1)c1cc2c(OCc3coc4ccc(Cl)cc34)cccc2[nH]1. The van der Waals surface area contributed by atoms with Crippen LogP contribution in [0.3, 0.4) is 0 Å². The number of aromatic amines is 1. The molecule has 8 heteroatoms. The summed E-state index contributed by atoms with van der Waals surface area (Å²) in [5.41, 5.74) is 3.16. The van der Waals surface area contributed by atoms with E-state index in [-0.39, 0.29) is 11.9 Å². The molecule has 3 aliphatic heterocycles. The van der Waals surface area contributed by atoms with E-state index in [1.165, 1.54) is 51.7 Å². The monoisotopic (exact) mass is 574 g/mol. The molecule has 0 bridgehead atoms. The van der Waals surface area contributed by atoms with Crippen LogP contribution in [0.1, 0.15) is 61.0 Å². The number of H-pyrrole nitrogens is 1. The molecule has 0 spiro atoms. The number of fused-ring (bicyclic) bond motifs is 3. The summed E-state index contributed by atoms with van der Waals surface area (Å²) in [6.07, 6.45) is 10.6. The van der Waals surface area contributed by atoms with Crippen molar-refractivity contribution < 1.29 is 13.9 Å². The fraction of sp³-hybridized carbons (Fsp3) is 0.485.